The molecule has 0 unspecified atom stereocenters. The summed E-state index contributed by atoms with van der Waals surface area (Å²) in [7, 11) is 1.65. The van der Waals surface area contributed by atoms with Gasteiger partial charge in [-0.15, -0.1) is 0 Å². The van der Waals surface area contributed by atoms with Crippen LogP contribution >= 0.6 is 0 Å². The molecule has 152 valence electrons. The van der Waals surface area contributed by atoms with E-state index in [4.69, 9.17) is 29.9 Å². The normalized spacial score (nSPS) is 10.2. The molecule has 0 fully saturated rings. The molecule has 0 bridgehead atoms. The number of aromatic nitrogens is 1. The Kier molecular flexibility index (Phi) is 9.59. The molecule has 1 heterocycles. The third-order valence-electron chi connectivity index (χ3n) is 3.57. The van der Waals surface area contributed by atoms with Crippen LogP contribution in [0.5, 0.6) is 5.75 Å². The predicted octanol–water partition coefficient (Wildman–Crippen LogP) is 1.97. The summed E-state index contributed by atoms with van der Waals surface area (Å²) in [5, 5.41) is 30.6. The second-order valence-electron chi connectivity index (χ2n) is 5.64. The second kappa shape index (κ2) is 11.9. The van der Waals surface area contributed by atoms with Gasteiger partial charge in [-0.1, -0.05) is 19.8 Å². The third-order valence-corrected chi connectivity index (χ3v) is 3.57. The molecule has 2 rings (SSSR count). The number of fused-ring (bicyclic) bond motifs is 1. The number of hydrogen-bond donors (Lipinski definition) is 6. The van der Waals surface area contributed by atoms with E-state index in [1.807, 2.05) is 24.4 Å². The van der Waals surface area contributed by atoms with Crippen molar-refractivity contribution in [2.24, 2.45) is 5.10 Å². The Morgan fingerprint density at radius 1 is 1.29 bits per heavy atom. The fourth-order valence-corrected chi connectivity index (χ4v) is 2.15. The molecule has 0 aliphatic rings. The lowest BCUT2D eigenvalue weighted by atomic mass is 10.2. The molecule has 2 aromatic rings. The van der Waals surface area contributed by atoms with Gasteiger partial charge in [-0.2, -0.15) is 5.10 Å². The van der Waals surface area contributed by atoms with Crippen LogP contribution in [0.3, 0.4) is 0 Å². The first-order chi connectivity index (χ1) is 13.4. The molecule has 10 heteroatoms. The van der Waals surface area contributed by atoms with Crippen LogP contribution in [0.1, 0.15) is 31.7 Å². The molecule has 0 amide bonds. The van der Waals surface area contributed by atoms with Crippen molar-refractivity contribution in [3.63, 3.8) is 0 Å². The molecular weight excluding hydrogens is 366 g/mol. The highest BCUT2D eigenvalue weighted by molar-refractivity contribution is 6.27. The molecule has 0 aliphatic heterocycles. The minimum Gasteiger partial charge on any atom is -0.497 e. The molecule has 6 N–H and O–H groups in total. The lowest BCUT2D eigenvalue weighted by molar-refractivity contribution is -0.159. The zero-order valence-electron chi connectivity index (χ0n) is 15.8. The fourth-order valence-electron chi connectivity index (χ4n) is 2.15. The van der Waals surface area contributed by atoms with E-state index in [2.05, 4.69) is 27.8 Å². The van der Waals surface area contributed by atoms with Crippen molar-refractivity contribution in [3.05, 3.63) is 30.0 Å². The summed E-state index contributed by atoms with van der Waals surface area (Å²) in [5.74, 6) is -2.63. The average molecular weight is 391 g/mol. The largest absolute Gasteiger partial charge is 0.497 e. The quantitative estimate of drug-likeness (QED) is 0.138. The van der Waals surface area contributed by atoms with Crippen LogP contribution in [0.25, 0.3) is 10.9 Å². The van der Waals surface area contributed by atoms with Crippen LogP contribution in [0, 0.1) is 5.41 Å². The summed E-state index contributed by atoms with van der Waals surface area (Å²) in [6.07, 6.45) is 6.98. The number of aliphatic carboxylic acids is 2. The van der Waals surface area contributed by atoms with E-state index in [0.29, 0.717) is 0 Å². The van der Waals surface area contributed by atoms with Gasteiger partial charge in [0.2, 0.25) is 5.96 Å². The lowest BCUT2D eigenvalue weighted by Gasteiger charge is -2.05. The highest BCUT2D eigenvalue weighted by Crippen LogP contribution is 2.22. The summed E-state index contributed by atoms with van der Waals surface area (Å²) in [5.41, 5.74) is 4.66. The maximum Gasteiger partial charge on any atom is 0.414 e. The number of hydrazone groups is 1. The number of carbonyl (C=O) groups is 2. The van der Waals surface area contributed by atoms with E-state index in [-0.39, 0.29) is 5.96 Å². The Bertz CT molecular complexity index is 819. The number of benzene rings is 1. The fraction of sp³-hybridized carbons (Fsp3) is 0.333. The minimum absolute atomic E-state index is 0.213. The SMILES string of the molecule is CCCCCNC(=N)N/N=C/c1c[nH]c2ccc(OC)cc12.O=C(O)C(=O)O. The number of guanidine groups is 1. The van der Waals surface area contributed by atoms with Crippen molar-refractivity contribution in [2.75, 3.05) is 13.7 Å². The molecule has 28 heavy (non-hydrogen) atoms. The minimum atomic E-state index is -1.82. The number of H-pyrrole nitrogens is 1. The number of aromatic amines is 1. The van der Waals surface area contributed by atoms with Crippen LogP contribution in [-0.4, -0.2) is 53.0 Å². The van der Waals surface area contributed by atoms with Crippen LogP contribution < -0.4 is 15.5 Å². The Labute approximate surface area is 162 Å². The molecule has 0 spiro atoms. The summed E-state index contributed by atoms with van der Waals surface area (Å²) in [4.78, 5) is 21.4. The summed E-state index contributed by atoms with van der Waals surface area (Å²) in [6.45, 7) is 2.95. The van der Waals surface area contributed by atoms with Crippen molar-refractivity contribution in [3.8, 4) is 5.75 Å². The number of nitrogens with zero attached hydrogens (tertiary/aromatic N) is 1. The highest BCUT2D eigenvalue weighted by Gasteiger charge is 2.04. The molecule has 10 nitrogen and oxygen atoms in total. The number of nitrogens with one attached hydrogen (secondary N) is 4. The number of rotatable bonds is 7. The standard InChI is InChI=1S/C16H23N5O.C2H2O4/c1-3-4-5-8-18-16(17)21-20-11-12-10-19-15-7-6-13(22-2)9-14(12)15;3-1(4)2(5)6/h6-7,9-11,19H,3-5,8H2,1-2H3,(H3,17,18,21);(H,3,4)(H,5,6)/b20-11+;. The number of unbranched alkanes of at least 4 members (excludes halogenated alkanes) is 2. The first kappa shape index (κ1) is 22.5. The molecule has 0 atom stereocenters. The van der Waals surface area contributed by atoms with Gasteiger partial charge in [0.15, 0.2) is 0 Å². The van der Waals surface area contributed by atoms with Crippen LogP contribution in [0.2, 0.25) is 0 Å². The monoisotopic (exact) mass is 391 g/mol. The maximum absolute atomic E-state index is 9.10. The second-order valence-corrected chi connectivity index (χ2v) is 5.64. The van der Waals surface area contributed by atoms with Crippen molar-refractivity contribution in [2.45, 2.75) is 26.2 Å². The smallest absolute Gasteiger partial charge is 0.414 e. The van der Waals surface area contributed by atoms with Gasteiger partial charge in [-0.25, -0.2) is 15.0 Å². The van der Waals surface area contributed by atoms with Crippen LogP contribution in [0.4, 0.5) is 0 Å². The topological polar surface area (TPSA) is 160 Å². The Morgan fingerprint density at radius 3 is 2.61 bits per heavy atom. The van der Waals surface area contributed by atoms with E-state index < -0.39 is 11.9 Å². The highest BCUT2D eigenvalue weighted by atomic mass is 16.5. The number of methoxy groups -OCH3 is 1. The molecule has 0 radical (unpaired) electrons. The van der Waals surface area contributed by atoms with E-state index in [1.165, 1.54) is 12.8 Å². The van der Waals surface area contributed by atoms with Crippen molar-refractivity contribution in [1.82, 2.24) is 15.7 Å². The van der Waals surface area contributed by atoms with Gasteiger partial charge >= 0.3 is 11.9 Å². The van der Waals surface area contributed by atoms with Crippen LogP contribution in [-0.2, 0) is 9.59 Å². The maximum atomic E-state index is 9.10. The molecule has 0 aliphatic carbocycles. The molecule has 1 aromatic carbocycles. The van der Waals surface area contributed by atoms with E-state index >= 15 is 0 Å². The van der Waals surface area contributed by atoms with Crippen molar-refractivity contribution >= 4 is 35.0 Å². The summed E-state index contributed by atoms with van der Waals surface area (Å²) < 4.78 is 5.24. The lowest BCUT2D eigenvalue weighted by Crippen LogP contribution is -2.33. The van der Waals surface area contributed by atoms with Gasteiger partial charge in [0.1, 0.15) is 5.75 Å². The molecule has 1 aromatic heterocycles. The van der Waals surface area contributed by atoms with Gasteiger partial charge in [0.05, 0.1) is 13.3 Å². The summed E-state index contributed by atoms with van der Waals surface area (Å²) in [6, 6.07) is 5.84. The molecule has 0 saturated carbocycles. The number of carboxylic acids is 2. The van der Waals surface area contributed by atoms with E-state index in [1.54, 1.807) is 13.3 Å². The Balaban J connectivity index is 0.000000568. The summed E-state index contributed by atoms with van der Waals surface area (Å²) >= 11 is 0. The van der Waals surface area contributed by atoms with E-state index in [0.717, 1.165) is 35.2 Å². The zero-order valence-corrected chi connectivity index (χ0v) is 15.8. The molecule has 0 saturated heterocycles. The van der Waals surface area contributed by atoms with Gasteiger partial charge < -0.3 is 25.3 Å². The zero-order chi connectivity index (χ0) is 20.9. The van der Waals surface area contributed by atoms with E-state index in [9.17, 15) is 0 Å². The van der Waals surface area contributed by atoms with Crippen molar-refractivity contribution in [1.29, 1.82) is 5.41 Å². The Morgan fingerprint density at radius 2 is 2.00 bits per heavy atom. The average Bonchev–Trinajstić information content (AvgIpc) is 3.08. The third kappa shape index (κ3) is 7.77. The van der Waals surface area contributed by atoms with Crippen LogP contribution in [0.15, 0.2) is 29.5 Å². The van der Waals surface area contributed by atoms with Gasteiger partial charge in [-0.05, 0) is 24.6 Å². The Hall–Kier alpha value is -3.56. The van der Waals surface area contributed by atoms with Gasteiger partial charge in [0, 0.05) is 29.2 Å². The number of hydrogen-bond acceptors (Lipinski definition) is 5. The predicted molar refractivity (Wildman–Crippen MR) is 106 cm³/mol. The van der Waals surface area contributed by atoms with Crippen molar-refractivity contribution < 1.29 is 24.5 Å². The molecular formula is C18H25N5O5. The van der Waals surface area contributed by atoms with Gasteiger partial charge in [-0.3, -0.25) is 5.41 Å². The first-order valence-corrected chi connectivity index (χ1v) is 8.61. The number of ether oxygens (including phenoxy) is 1. The number of carboxylic acid groups (broad SMARTS) is 2. The first-order valence-electron chi connectivity index (χ1n) is 8.61. The van der Waals surface area contributed by atoms with Gasteiger partial charge in [0.25, 0.3) is 0 Å².